The van der Waals surface area contributed by atoms with Crippen LogP contribution in [0, 0.1) is 10.1 Å². The monoisotopic (exact) mass is 319 g/mol. The molecule has 2 heterocycles. The summed E-state index contributed by atoms with van der Waals surface area (Å²) >= 11 is 0. The van der Waals surface area contributed by atoms with Crippen LogP contribution in [-0.2, 0) is 6.42 Å². The summed E-state index contributed by atoms with van der Waals surface area (Å²) in [5.74, 6) is 0.465. The number of anilines is 1. The van der Waals surface area contributed by atoms with Crippen molar-refractivity contribution in [3.63, 3.8) is 0 Å². The van der Waals surface area contributed by atoms with E-state index in [1.54, 1.807) is 6.07 Å². The lowest BCUT2D eigenvalue weighted by molar-refractivity contribution is -0.386. The zero-order valence-corrected chi connectivity index (χ0v) is 14.3. The highest BCUT2D eigenvalue weighted by atomic mass is 16.6. The normalized spacial score (nSPS) is 20.5. The molecule has 1 aromatic rings. The predicted molar refractivity (Wildman–Crippen MR) is 90.4 cm³/mol. The number of hydrogen-bond acceptors (Lipinski definition) is 5. The number of fused-ring (bicyclic) bond motifs is 1. The summed E-state index contributed by atoms with van der Waals surface area (Å²) in [6.45, 7) is 5.93. The Labute approximate surface area is 137 Å². The molecular formula is C17H25N3O3. The second-order valence-corrected chi connectivity index (χ2v) is 7.39. The quantitative estimate of drug-likeness (QED) is 0.633. The van der Waals surface area contributed by atoms with Crippen molar-refractivity contribution in [3.8, 4) is 5.75 Å². The van der Waals surface area contributed by atoms with Crippen LogP contribution in [0.25, 0.3) is 0 Å². The molecule has 0 unspecified atom stereocenters. The summed E-state index contributed by atoms with van der Waals surface area (Å²) in [6, 6.07) is 4.11. The molecule has 3 rings (SSSR count). The molecule has 23 heavy (non-hydrogen) atoms. The lowest BCUT2D eigenvalue weighted by atomic mass is 9.97. The van der Waals surface area contributed by atoms with Crippen molar-refractivity contribution < 1.29 is 9.66 Å². The smallest absolute Gasteiger partial charge is 0.311 e. The Kier molecular flexibility index (Phi) is 3.96. The van der Waals surface area contributed by atoms with Gasteiger partial charge in [0.2, 0.25) is 5.75 Å². The maximum Gasteiger partial charge on any atom is 0.311 e. The maximum atomic E-state index is 11.3. The second-order valence-electron chi connectivity index (χ2n) is 7.39. The molecule has 2 aliphatic rings. The Hall–Kier alpha value is -1.82. The lowest BCUT2D eigenvalue weighted by Crippen LogP contribution is -2.42. The number of nitro benzene ring substituents is 1. The van der Waals surface area contributed by atoms with Gasteiger partial charge in [0.15, 0.2) is 0 Å². The number of piperidine rings is 1. The summed E-state index contributed by atoms with van der Waals surface area (Å²) < 4.78 is 5.90. The molecule has 1 saturated heterocycles. The van der Waals surface area contributed by atoms with E-state index in [-0.39, 0.29) is 16.2 Å². The SMILES string of the molecule is CN(C)C1CCN(c2ccc([N+](=O)[O-])c3c2CC(C)(C)O3)CC1. The molecule has 0 saturated carbocycles. The maximum absolute atomic E-state index is 11.3. The van der Waals surface area contributed by atoms with E-state index >= 15 is 0 Å². The van der Waals surface area contributed by atoms with Gasteiger partial charge in [-0.1, -0.05) is 0 Å². The number of hydrogen-bond donors (Lipinski definition) is 0. The van der Waals surface area contributed by atoms with Gasteiger partial charge in [-0.3, -0.25) is 10.1 Å². The summed E-state index contributed by atoms with van der Waals surface area (Å²) in [6.07, 6.45) is 2.94. The van der Waals surface area contributed by atoms with Gasteiger partial charge in [-0.2, -0.15) is 0 Å². The zero-order valence-electron chi connectivity index (χ0n) is 14.3. The van der Waals surface area contributed by atoms with E-state index in [0.29, 0.717) is 18.2 Å². The molecule has 1 fully saturated rings. The molecule has 0 aromatic heterocycles. The van der Waals surface area contributed by atoms with Gasteiger partial charge < -0.3 is 14.5 Å². The molecule has 0 radical (unpaired) electrons. The van der Waals surface area contributed by atoms with E-state index in [0.717, 1.165) is 37.2 Å². The van der Waals surface area contributed by atoms with Gasteiger partial charge in [0.05, 0.1) is 4.92 Å². The molecule has 0 aliphatic carbocycles. The largest absolute Gasteiger partial charge is 0.480 e. The summed E-state index contributed by atoms with van der Waals surface area (Å²) in [7, 11) is 4.25. The molecular weight excluding hydrogens is 294 g/mol. The molecule has 2 aliphatic heterocycles. The van der Waals surface area contributed by atoms with Crippen molar-refractivity contribution >= 4 is 11.4 Å². The number of rotatable bonds is 3. The van der Waals surface area contributed by atoms with Crippen LogP contribution in [0.1, 0.15) is 32.3 Å². The minimum absolute atomic E-state index is 0.0810. The van der Waals surface area contributed by atoms with Crippen LogP contribution in [0.5, 0.6) is 5.75 Å². The average molecular weight is 319 g/mol. The number of ether oxygens (including phenoxy) is 1. The average Bonchev–Trinajstić information content (AvgIpc) is 2.80. The van der Waals surface area contributed by atoms with Crippen molar-refractivity contribution in [3.05, 3.63) is 27.8 Å². The zero-order chi connectivity index (χ0) is 16.8. The van der Waals surface area contributed by atoms with Crippen molar-refractivity contribution in [2.24, 2.45) is 0 Å². The van der Waals surface area contributed by atoms with Crippen LogP contribution in [0.15, 0.2) is 12.1 Å². The molecule has 0 atom stereocenters. The minimum atomic E-state index is -0.384. The Morgan fingerprint density at radius 3 is 2.52 bits per heavy atom. The predicted octanol–water partition coefficient (Wildman–Crippen LogP) is 2.84. The number of nitrogens with zero attached hydrogens (tertiary/aromatic N) is 3. The standard InChI is InChI=1S/C17H25N3O3/c1-17(2)11-13-14(5-6-15(20(21)22)16(13)23-17)19-9-7-12(8-10-19)18(3)4/h5-6,12H,7-11H2,1-4H3. The first-order valence-corrected chi connectivity index (χ1v) is 8.19. The lowest BCUT2D eigenvalue weighted by Gasteiger charge is -2.37. The highest BCUT2D eigenvalue weighted by Crippen LogP contribution is 2.46. The third kappa shape index (κ3) is 3.00. The first-order valence-electron chi connectivity index (χ1n) is 8.19. The van der Waals surface area contributed by atoms with Gasteiger partial charge in [0.25, 0.3) is 0 Å². The Morgan fingerprint density at radius 1 is 1.30 bits per heavy atom. The molecule has 126 valence electrons. The third-order valence-corrected chi connectivity index (χ3v) is 4.93. The molecule has 0 N–H and O–H groups in total. The van der Waals surface area contributed by atoms with Crippen LogP contribution >= 0.6 is 0 Å². The van der Waals surface area contributed by atoms with Crippen LogP contribution in [-0.4, -0.2) is 48.7 Å². The van der Waals surface area contributed by atoms with E-state index in [2.05, 4.69) is 23.9 Å². The van der Waals surface area contributed by atoms with E-state index in [1.165, 1.54) is 0 Å². The van der Waals surface area contributed by atoms with Gasteiger partial charge in [-0.25, -0.2) is 0 Å². The second kappa shape index (κ2) is 5.67. The fourth-order valence-electron chi connectivity index (χ4n) is 3.69. The van der Waals surface area contributed by atoms with E-state index in [9.17, 15) is 10.1 Å². The molecule has 0 bridgehead atoms. The Balaban J connectivity index is 1.91. The first kappa shape index (κ1) is 16.1. The van der Waals surface area contributed by atoms with Crippen LogP contribution in [0.4, 0.5) is 11.4 Å². The van der Waals surface area contributed by atoms with E-state index in [4.69, 9.17) is 4.74 Å². The van der Waals surface area contributed by atoms with Crippen molar-refractivity contribution in [2.75, 3.05) is 32.1 Å². The van der Waals surface area contributed by atoms with E-state index < -0.39 is 0 Å². The molecule has 6 heteroatoms. The van der Waals surface area contributed by atoms with E-state index in [1.807, 2.05) is 19.9 Å². The van der Waals surface area contributed by atoms with Crippen molar-refractivity contribution in [1.82, 2.24) is 4.90 Å². The van der Waals surface area contributed by atoms with Crippen LogP contribution < -0.4 is 9.64 Å². The van der Waals surface area contributed by atoms with Crippen molar-refractivity contribution in [2.45, 2.75) is 44.8 Å². The van der Waals surface area contributed by atoms with Crippen molar-refractivity contribution in [1.29, 1.82) is 0 Å². The topological polar surface area (TPSA) is 58.9 Å². The van der Waals surface area contributed by atoms with Gasteiger partial charge in [0, 0.05) is 42.9 Å². The molecule has 0 amide bonds. The Morgan fingerprint density at radius 2 is 1.96 bits per heavy atom. The summed E-state index contributed by atoms with van der Waals surface area (Å²) in [4.78, 5) is 15.6. The van der Waals surface area contributed by atoms with Crippen LogP contribution in [0.2, 0.25) is 0 Å². The fourth-order valence-corrected chi connectivity index (χ4v) is 3.69. The van der Waals surface area contributed by atoms with Gasteiger partial charge in [-0.05, 0) is 46.9 Å². The first-order chi connectivity index (χ1) is 10.8. The van der Waals surface area contributed by atoms with Gasteiger partial charge in [0.1, 0.15) is 5.60 Å². The number of benzene rings is 1. The highest BCUT2D eigenvalue weighted by molar-refractivity contribution is 5.68. The number of nitro groups is 1. The third-order valence-electron chi connectivity index (χ3n) is 4.93. The minimum Gasteiger partial charge on any atom is -0.480 e. The summed E-state index contributed by atoms with van der Waals surface area (Å²) in [5.41, 5.74) is 1.80. The molecule has 1 aromatic carbocycles. The van der Waals surface area contributed by atoms with Crippen LogP contribution in [0.3, 0.4) is 0 Å². The van der Waals surface area contributed by atoms with Gasteiger partial charge in [-0.15, -0.1) is 0 Å². The molecule has 6 nitrogen and oxygen atoms in total. The highest BCUT2D eigenvalue weighted by Gasteiger charge is 2.38. The van der Waals surface area contributed by atoms with Gasteiger partial charge >= 0.3 is 5.69 Å². The Bertz CT molecular complexity index is 620. The molecule has 0 spiro atoms. The summed E-state index contributed by atoms with van der Waals surface area (Å²) in [5, 5.41) is 11.3. The fraction of sp³-hybridized carbons (Fsp3) is 0.647.